The van der Waals surface area contributed by atoms with Crippen molar-refractivity contribution in [2.45, 2.75) is 0 Å². The molecule has 0 saturated heterocycles. The molecule has 0 amide bonds. The van der Waals surface area contributed by atoms with Crippen molar-refractivity contribution in [2.75, 3.05) is 0 Å². The summed E-state index contributed by atoms with van der Waals surface area (Å²) in [5, 5.41) is 1.88. The van der Waals surface area contributed by atoms with Crippen LogP contribution in [0.1, 0.15) is 6.85 Å². The molecule has 0 aliphatic heterocycles. The molecule has 1 aromatic heterocycles. The molecule has 0 fully saturated rings. The van der Waals surface area contributed by atoms with Gasteiger partial charge in [-0.05, 0) is 41.5 Å². The van der Waals surface area contributed by atoms with E-state index in [9.17, 15) is 0 Å². The summed E-state index contributed by atoms with van der Waals surface area (Å²) >= 11 is 3.41. The third-order valence-corrected chi connectivity index (χ3v) is 3.72. The third kappa shape index (κ3) is 1.84. The molecule has 3 aromatic carbocycles. The molecule has 4 rings (SSSR count). The predicted octanol–water partition coefficient (Wildman–Crippen LogP) is 6.02. The summed E-state index contributed by atoms with van der Waals surface area (Å²) < 4.78 is 46.3. The molecule has 20 heavy (non-hydrogen) atoms. The van der Waals surface area contributed by atoms with Crippen LogP contribution in [-0.2, 0) is 0 Å². The molecule has 0 saturated carbocycles. The first-order chi connectivity index (χ1) is 11.9. The highest BCUT2D eigenvalue weighted by Crippen LogP contribution is 2.33. The molecule has 0 N–H and O–H groups in total. The van der Waals surface area contributed by atoms with Gasteiger partial charge in [0.25, 0.3) is 0 Å². The van der Waals surface area contributed by atoms with Crippen LogP contribution in [0.3, 0.4) is 0 Å². The minimum absolute atomic E-state index is 0.175. The Hall–Kier alpha value is -2.06. The van der Waals surface area contributed by atoms with Gasteiger partial charge in [0.05, 0.1) is 6.85 Å². The van der Waals surface area contributed by atoms with E-state index >= 15 is 0 Å². The van der Waals surface area contributed by atoms with Crippen LogP contribution < -0.4 is 0 Å². The first kappa shape index (κ1) is 7.65. The summed E-state index contributed by atoms with van der Waals surface area (Å²) in [4.78, 5) is 0. The first-order valence-electron chi connectivity index (χ1n) is 8.57. The average Bonchev–Trinajstić information content (AvgIpc) is 2.95. The van der Waals surface area contributed by atoms with Gasteiger partial charge in [-0.3, -0.25) is 0 Å². The number of rotatable bonds is 1. The highest BCUT2D eigenvalue weighted by atomic mass is 79.9. The average molecular weight is 328 g/mol. The van der Waals surface area contributed by atoms with Crippen molar-refractivity contribution in [1.82, 2.24) is 0 Å². The molecule has 0 bridgehead atoms. The maximum Gasteiger partial charge on any atom is 0.136 e. The molecule has 0 aliphatic carbocycles. The number of benzene rings is 3. The lowest BCUT2D eigenvalue weighted by atomic mass is 10.0. The Morgan fingerprint density at radius 1 is 0.800 bits per heavy atom. The van der Waals surface area contributed by atoms with Gasteiger partial charge >= 0.3 is 0 Å². The Kier molecular flexibility index (Phi) is 1.72. The second-order valence-electron chi connectivity index (χ2n) is 4.45. The third-order valence-electron chi connectivity index (χ3n) is 3.22. The summed E-state index contributed by atoms with van der Waals surface area (Å²) in [6, 6.07) is 9.57. The predicted molar refractivity (Wildman–Crippen MR) is 86.9 cm³/mol. The maximum atomic E-state index is 8.11. The normalized spacial score (nSPS) is 14.8. The van der Waals surface area contributed by atoms with Gasteiger partial charge in [0.1, 0.15) is 11.2 Å². The van der Waals surface area contributed by atoms with Gasteiger partial charge in [-0.2, -0.15) is 0 Å². The number of furan rings is 1. The summed E-state index contributed by atoms with van der Waals surface area (Å²) in [7, 11) is 0. The minimum atomic E-state index is -0.395. The van der Waals surface area contributed by atoms with Crippen LogP contribution in [0.15, 0.2) is 75.5 Å². The largest absolute Gasteiger partial charge is 0.456 e. The van der Waals surface area contributed by atoms with E-state index in [0.29, 0.717) is 11.1 Å². The fourth-order valence-electron chi connectivity index (χ4n) is 2.30. The highest BCUT2D eigenvalue weighted by Gasteiger charge is 2.08. The minimum Gasteiger partial charge on any atom is -0.456 e. The van der Waals surface area contributed by atoms with Gasteiger partial charge in [0.2, 0.25) is 0 Å². The SMILES string of the molecule is [2H]c1c([2H])c([2H])c(-c2ccc3c(c2)oc2cc(Br)ccc23)c([2H])c1[2H]. The van der Waals surface area contributed by atoms with E-state index in [4.69, 9.17) is 11.3 Å². The lowest BCUT2D eigenvalue weighted by molar-refractivity contribution is 0.669. The van der Waals surface area contributed by atoms with Crippen LogP contribution in [-0.4, -0.2) is 0 Å². The summed E-state index contributed by atoms with van der Waals surface area (Å²) in [5.74, 6) is 0. The van der Waals surface area contributed by atoms with E-state index < -0.39 is 6.04 Å². The molecule has 0 radical (unpaired) electrons. The number of fused-ring (bicyclic) bond motifs is 3. The lowest BCUT2D eigenvalue weighted by Gasteiger charge is -2.00. The van der Waals surface area contributed by atoms with E-state index in [1.807, 2.05) is 24.3 Å². The molecule has 1 nitrogen and oxygen atoms in total. The van der Waals surface area contributed by atoms with Gasteiger partial charge < -0.3 is 4.42 Å². The topological polar surface area (TPSA) is 13.1 Å². The zero-order chi connectivity index (χ0) is 17.9. The second-order valence-corrected chi connectivity index (χ2v) is 5.37. The van der Waals surface area contributed by atoms with Gasteiger partial charge in [-0.25, -0.2) is 0 Å². The first-order valence-corrected chi connectivity index (χ1v) is 6.87. The summed E-state index contributed by atoms with van der Waals surface area (Å²) in [6.07, 6.45) is 0. The Balaban J connectivity index is 2.01. The van der Waals surface area contributed by atoms with E-state index in [0.717, 1.165) is 20.8 Å². The molecule has 0 aliphatic rings. The molecule has 0 spiro atoms. The molecule has 1 heterocycles. The molecular formula is C18H11BrO. The van der Waals surface area contributed by atoms with E-state index in [1.165, 1.54) is 0 Å². The second kappa shape index (κ2) is 4.50. The molecular weight excluding hydrogens is 312 g/mol. The van der Waals surface area contributed by atoms with Gasteiger partial charge in [-0.15, -0.1) is 0 Å². The van der Waals surface area contributed by atoms with Crippen molar-refractivity contribution < 1.29 is 11.3 Å². The molecule has 2 heteroatoms. The maximum absolute atomic E-state index is 8.11. The highest BCUT2D eigenvalue weighted by molar-refractivity contribution is 9.10. The lowest BCUT2D eigenvalue weighted by Crippen LogP contribution is -1.76. The fourth-order valence-corrected chi connectivity index (χ4v) is 2.64. The Morgan fingerprint density at radius 2 is 1.50 bits per heavy atom. The quantitative estimate of drug-likeness (QED) is 0.417. The number of halogens is 1. The molecule has 96 valence electrons. The van der Waals surface area contributed by atoms with Crippen LogP contribution >= 0.6 is 15.9 Å². The zero-order valence-electron chi connectivity index (χ0n) is 15.3. The van der Waals surface area contributed by atoms with Gasteiger partial charge in [0, 0.05) is 15.2 Å². The van der Waals surface area contributed by atoms with Crippen LogP contribution in [0.5, 0.6) is 0 Å². The van der Waals surface area contributed by atoms with E-state index in [1.54, 1.807) is 12.1 Å². The molecule has 4 aromatic rings. The van der Waals surface area contributed by atoms with E-state index in [2.05, 4.69) is 15.9 Å². The Morgan fingerprint density at radius 3 is 2.30 bits per heavy atom. The molecule has 0 atom stereocenters. The zero-order valence-corrected chi connectivity index (χ0v) is 11.8. The smallest absolute Gasteiger partial charge is 0.136 e. The van der Waals surface area contributed by atoms with Gasteiger partial charge in [0.15, 0.2) is 0 Å². The van der Waals surface area contributed by atoms with Crippen molar-refractivity contribution in [3.8, 4) is 11.1 Å². The Labute approximate surface area is 132 Å². The van der Waals surface area contributed by atoms with Crippen LogP contribution in [0.4, 0.5) is 0 Å². The van der Waals surface area contributed by atoms with Crippen molar-refractivity contribution in [3.63, 3.8) is 0 Å². The van der Waals surface area contributed by atoms with Crippen molar-refractivity contribution in [2.24, 2.45) is 0 Å². The Bertz CT molecular complexity index is 1140. The van der Waals surface area contributed by atoms with Crippen LogP contribution in [0.25, 0.3) is 33.1 Å². The van der Waals surface area contributed by atoms with Crippen molar-refractivity contribution in [3.05, 3.63) is 71.1 Å². The number of hydrogen-bond acceptors (Lipinski definition) is 1. The van der Waals surface area contributed by atoms with Gasteiger partial charge in [-0.1, -0.05) is 52.2 Å². The number of hydrogen-bond donors (Lipinski definition) is 0. The van der Waals surface area contributed by atoms with Crippen molar-refractivity contribution >= 4 is 37.9 Å². The van der Waals surface area contributed by atoms with Crippen LogP contribution in [0, 0.1) is 0 Å². The standard InChI is InChI=1S/C18H11BrO/c19-14-7-9-16-15-8-6-13(12-4-2-1-3-5-12)10-17(15)20-18(16)11-14/h1-11H/i1D,2D,3D,4D,5D. The van der Waals surface area contributed by atoms with Crippen LogP contribution in [0.2, 0.25) is 0 Å². The van der Waals surface area contributed by atoms with E-state index in [-0.39, 0.29) is 29.7 Å². The fraction of sp³-hybridized carbons (Fsp3) is 0. The molecule has 0 unspecified atom stereocenters. The monoisotopic (exact) mass is 327 g/mol. The summed E-state index contributed by atoms with van der Waals surface area (Å²) in [6.45, 7) is 0. The van der Waals surface area contributed by atoms with Crippen molar-refractivity contribution in [1.29, 1.82) is 0 Å². The summed E-state index contributed by atoms with van der Waals surface area (Å²) in [5.41, 5.74) is 2.04.